The molecule has 0 amide bonds. The molecule has 0 aliphatic heterocycles. The predicted molar refractivity (Wildman–Crippen MR) is 137 cm³/mol. The summed E-state index contributed by atoms with van der Waals surface area (Å²) in [5.41, 5.74) is 4.94. The van der Waals surface area contributed by atoms with Gasteiger partial charge in [0.1, 0.15) is 11.6 Å². The smallest absolute Gasteiger partial charge is 0.188 e. The maximum atomic E-state index is 13.7. The van der Waals surface area contributed by atoms with Crippen LogP contribution in [0.5, 0.6) is 5.75 Å². The second-order valence-corrected chi connectivity index (χ2v) is 9.31. The fourth-order valence-corrected chi connectivity index (χ4v) is 5.24. The Morgan fingerprint density at radius 3 is 2.12 bits per heavy atom. The van der Waals surface area contributed by atoms with Crippen molar-refractivity contribution in [3.05, 3.63) is 125 Å². The lowest BCUT2D eigenvalue weighted by Crippen LogP contribution is -2.16. The van der Waals surface area contributed by atoms with Gasteiger partial charge in [-0.1, -0.05) is 81.4 Å². The molecule has 0 saturated carbocycles. The Hall–Kier alpha value is -3.33. The van der Waals surface area contributed by atoms with Gasteiger partial charge in [0.15, 0.2) is 13.1 Å². The van der Waals surface area contributed by atoms with Crippen molar-refractivity contribution in [3.8, 4) is 5.75 Å². The molecular formula is C29H26FO3P. The zero-order valence-electron chi connectivity index (χ0n) is 19.0. The fraction of sp³-hybridized carbons (Fsp3) is 0.138. The maximum Gasteiger partial charge on any atom is 0.188 e. The summed E-state index contributed by atoms with van der Waals surface area (Å²) in [6.07, 6.45) is 2.18. The maximum absolute atomic E-state index is 13.7. The third kappa shape index (κ3) is 6.17. The Morgan fingerprint density at radius 2 is 1.47 bits per heavy atom. The number of methoxy groups -OCH3 is 1. The first-order valence-corrected chi connectivity index (χ1v) is 12.0. The van der Waals surface area contributed by atoms with Crippen LogP contribution in [-0.2, 0) is 17.6 Å². The molecule has 1 atom stereocenters. The van der Waals surface area contributed by atoms with Crippen molar-refractivity contribution in [1.82, 2.24) is 0 Å². The van der Waals surface area contributed by atoms with Crippen molar-refractivity contribution in [2.75, 3.05) is 13.9 Å². The second-order valence-electron chi connectivity index (χ2n) is 7.98. The van der Waals surface area contributed by atoms with E-state index in [1.54, 1.807) is 13.2 Å². The Balaban J connectivity index is 1.80. The molecule has 1 unspecified atom stereocenters. The average Bonchev–Trinajstić information content (AvgIpc) is 2.86. The van der Waals surface area contributed by atoms with Crippen LogP contribution in [0.25, 0.3) is 0 Å². The minimum absolute atomic E-state index is 0.112. The van der Waals surface area contributed by atoms with Gasteiger partial charge in [-0.2, -0.15) is 0 Å². The van der Waals surface area contributed by atoms with Gasteiger partial charge in [-0.05, 0) is 52.2 Å². The van der Waals surface area contributed by atoms with Gasteiger partial charge >= 0.3 is 0 Å². The van der Waals surface area contributed by atoms with Crippen LogP contribution in [-0.4, -0.2) is 20.2 Å². The van der Waals surface area contributed by atoms with E-state index >= 15 is 0 Å². The molecule has 34 heavy (non-hydrogen) atoms. The van der Waals surface area contributed by atoms with Gasteiger partial charge in [0.2, 0.25) is 0 Å². The summed E-state index contributed by atoms with van der Waals surface area (Å²) in [6, 6.07) is 29.2. The van der Waals surface area contributed by atoms with Crippen LogP contribution in [0.3, 0.4) is 0 Å². The van der Waals surface area contributed by atoms with Crippen LogP contribution < -0.4 is 15.3 Å². The fourth-order valence-electron chi connectivity index (χ4n) is 3.91. The highest BCUT2D eigenvalue weighted by molar-refractivity contribution is 7.56. The van der Waals surface area contributed by atoms with E-state index in [9.17, 15) is 9.18 Å². The van der Waals surface area contributed by atoms with E-state index in [1.165, 1.54) is 23.3 Å². The standard InChI is InChI=1S/C29H26FO3P/c1-32-20-33-29-24(15-22-10-6-3-7-11-22)16-23(14-21-8-4-2-5-9-21)17-28(29)34-27-13-12-26(30)18-25(27)19-31/h2-13,16-19,34H,14-15,20H2,1H3. The summed E-state index contributed by atoms with van der Waals surface area (Å²) < 4.78 is 25.0. The summed E-state index contributed by atoms with van der Waals surface area (Å²) in [6.45, 7) is 0.112. The van der Waals surface area contributed by atoms with Gasteiger partial charge in [-0.25, -0.2) is 4.39 Å². The Bertz CT molecular complexity index is 1240. The zero-order chi connectivity index (χ0) is 23.8. The molecular weight excluding hydrogens is 446 g/mol. The Kier molecular flexibility index (Phi) is 8.19. The van der Waals surface area contributed by atoms with Crippen LogP contribution in [0.15, 0.2) is 91.0 Å². The molecule has 0 aliphatic carbocycles. The van der Waals surface area contributed by atoms with E-state index in [0.717, 1.165) is 33.9 Å². The van der Waals surface area contributed by atoms with Crippen LogP contribution in [0, 0.1) is 5.82 Å². The molecule has 0 spiro atoms. The van der Waals surface area contributed by atoms with Gasteiger partial charge in [0.25, 0.3) is 0 Å². The Morgan fingerprint density at radius 1 is 0.794 bits per heavy atom. The largest absolute Gasteiger partial charge is 0.467 e. The molecule has 4 aromatic rings. The van der Waals surface area contributed by atoms with E-state index in [0.29, 0.717) is 18.3 Å². The molecule has 4 rings (SSSR count). The molecule has 0 bridgehead atoms. The van der Waals surface area contributed by atoms with Crippen molar-refractivity contribution >= 4 is 25.5 Å². The number of ether oxygens (including phenoxy) is 2. The van der Waals surface area contributed by atoms with Gasteiger partial charge in [-0.3, -0.25) is 4.79 Å². The lowest BCUT2D eigenvalue weighted by molar-refractivity contribution is 0.0513. The molecule has 0 radical (unpaired) electrons. The third-order valence-electron chi connectivity index (χ3n) is 5.45. The first kappa shape index (κ1) is 23.8. The molecule has 3 nitrogen and oxygen atoms in total. The molecule has 5 heteroatoms. The topological polar surface area (TPSA) is 35.5 Å². The van der Waals surface area contributed by atoms with Crippen molar-refractivity contribution in [2.45, 2.75) is 12.8 Å². The van der Waals surface area contributed by atoms with Gasteiger partial charge in [-0.15, -0.1) is 0 Å². The monoisotopic (exact) mass is 472 g/mol. The second kappa shape index (κ2) is 11.7. The van der Waals surface area contributed by atoms with Crippen LogP contribution >= 0.6 is 8.58 Å². The van der Waals surface area contributed by atoms with Gasteiger partial charge < -0.3 is 9.47 Å². The van der Waals surface area contributed by atoms with Gasteiger partial charge in [0.05, 0.1) is 0 Å². The first-order chi connectivity index (χ1) is 16.7. The quantitative estimate of drug-likeness (QED) is 0.175. The van der Waals surface area contributed by atoms with E-state index in [-0.39, 0.29) is 15.4 Å². The van der Waals surface area contributed by atoms with Crippen LogP contribution in [0.4, 0.5) is 4.39 Å². The van der Waals surface area contributed by atoms with E-state index in [1.807, 2.05) is 36.4 Å². The van der Waals surface area contributed by atoms with E-state index in [2.05, 4.69) is 36.4 Å². The lowest BCUT2D eigenvalue weighted by Gasteiger charge is -2.19. The number of rotatable bonds is 10. The summed E-state index contributed by atoms with van der Waals surface area (Å²) >= 11 is 0. The summed E-state index contributed by atoms with van der Waals surface area (Å²) in [5.74, 6) is 0.330. The number of carbonyl (C=O) groups excluding carboxylic acids is 1. The molecule has 0 aromatic heterocycles. The van der Waals surface area contributed by atoms with E-state index in [4.69, 9.17) is 9.47 Å². The SMILES string of the molecule is COCOc1c(Cc2ccccc2)cc(Cc2ccccc2)cc1Pc1ccc(F)cc1C=O. The average molecular weight is 472 g/mol. The number of aldehydes is 1. The molecule has 0 fully saturated rings. The highest BCUT2D eigenvalue weighted by Crippen LogP contribution is 2.29. The Labute approximate surface area is 201 Å². The number of hydrogen-bond acceptors (Lipinski definition) is 3. The normalized spacial score (nSPS) is 11.1. The minimum Gasteiger partial charge on any atom is -0.467 e. The first-order valence-electron chi connectivity index (χ1n) is 11.0. The molecule has 4 aromatic carbocycles. The van der Waals surface area contributed by atoms with Crippen molar-refractivity contribution in [2.24, 2.45) is 0 Å². The van der Waals surface area contributed by atoms with Crippen LogP contribution in [0.1, 0.15) is 32.6 Å². The summed E-state index contributed by atoms with van der Waals surface area (Å²) in [4.78, 5) is 11.6. The van der Waals surface area contributed by atoms with Gasteiger partial charge in [0, 0.05) is 24.4 Å². The number of benzene rings is 4. The van der Waals surface area contributed by atoms with E-state index < -0.39 is 5.82 Å². The molecule has 0 heterocycles. The van der Waals surface area contributed by atoms with Crippen LogP contribution in [0.2, 0.25) is 0 Å². The van der Waals surface area contributed by atoms with Crippen molar-refractivity contribution < 1.29 is 18.7 Å². The highest BCUT2D eigenvalue weighted by atomic mass is 31.1. The summed E-state index contributed by atoms with van der Waals surface area (Å²) in [5, 5.41) is 1.74. The molecule has 172 valence electrons. The molecule has 0 saturated heterocycles. The number of hydrogen-bond donors (Lipinski definition) is 0. The minimum atomic E-state index is -0.422. The molecule has 0 aliphatic rings. The van der Waals surface area contributed by atoms with Crippen molar-refractivity contribution in [3.63, 3.8) is 0 Å². The lowest BCUT2D eigenvalue weighted by atomic mass is 9.98. The van der Waals surface area contributed by atoms with Crippen molar-refractivity contribution in [1.29, 1.82) is 0 Å². The number of halogens is 1. The zero-order valence-corrected chi connectivity index (χ0v) is 20.0. The molecule has 0 N–H and O–H groups in total. The third-order valence-corrected chi connectivity index (χ3v) is 6.81. The number of carbonyl (C=O) groups is 1. The summed E-state index contributed by atoms with van der Waals surface area (Å²) in [7, 11) is 1.71. The highest BCUT2D eigenvalue weighted by Gasteiger charge is 2.16. The predicted octanol–water partition coefficient (Wildman–Crippen LogP) is 5.43.